The first-order valence-corrected chi connectivity index (χ1v) is 8.45. The normalized spacial score (nSPS) is 22.2. The van der Waals surface area contributed by atoms with E-state index >= 15 is 0 Å². The molecule has 1 N–H and O–H groups in total. The van der Waals surface area contributed by atoms with E-state index in [2.05, 4.69) is 0 Å². The third-order valence-electron chi connectivity index (χ3n) is 3.48. The van der Waals surface area contributed by atoms with Crippen LogP contribution in [0.25, 0.3) is 0 Å². The number of aliphatic carboxylic acids is 1. The molecule has 4 nitrogen and oxygen atoms in total. The summed E-state index contributed by atoms with van der Waals surface area (Å²) in [6.07, 6.45) is 3.87. The molecule has 0 spiro atoms. The summed E-state index contributed by atoms with van der Waals surface area (Å²) in [7, 11) is -3.70. The molecule has 21 heavy (non-hydrogen) atoms. The highest BCUT2D eigenvalue weighted by Crippen LogP contribution is 2.29. The molecule has 0 amide bonds. The smallest absolute Gasteiger partial charge is 0.311 e. The average Bonchev–Trinajstić information content (AvgIpc) is 2.42. The van der Waals surface area contributed by atoms with E-state index in [9.17, 15) is 17.6 Å². The second-order valence-corrected chi connectivity index (χ2v) is 7.58. The van der Waals surface area contributed by atoms with Crippen LogP contribution in [0.3, 0.4) is 0 Å². The number of hydrogen-bond donors (Lipinski definition) is 1. The predicted octanol–water partition coefficient (Wildman–Crippen LogP) is 2.81. The van der Waals surface area contributed by atoms with Gasteiger partial charge >= 0.3 is 5.97 Å². The van der Waals surface area contributed by atoms with Gasteiger partial charge in [-0.1, -0.05) is 29.8 Å². The van der Waals surface area contributed by atoms with Crippen LogP contribution >= 0.6 is 11.6 Å². The van der Waals surface area contributed by atoms with Crippen LogP contribution in [-0.2, 0) is 20.4 Å². The molecule has 0 aliphatic heterocycles. The molecule has 1 aliphatic rings. The maximum atomic E-state index is 13.0. The summed E-state index contributed by atoms with van der Waals surface area (Å²) in [5.41, 5.74) is 0.275. The highest BCUT2D eigenvalue weighted by atomic mass is 35.5. The molecule has 1 aliphatic carbocycles. The molecule has 0 fully saturated rings. The van der Waals surface area contributed by atoms with Crippen LogP contribution in [0, 0.1) is 11.7 Å². The van der Waals surface area contributed by atoms with Crippen LogP contribution in [0.4, 0.5) is 4.39 Å². The lowest BCUT2D eigenvalue weighted by Gasteiger charge is -2.24. The highest BCUT2D eigenvalue weighted by Gasteiger charge is 2.37. The molecular weight excluding hydrogens is 319 g/mol. The Bertz CT molecular complexity index is 684. The van der Waals surface area contributed by atoms with Gasteiger partial charge < -0.3 is 5.11 Å². The quantitative estimate of drug-likeness (QED) is 0.861. The van der Waals surface area contributed by atoms with E-state index in [1.54, 1.807) is 6.08 Å². The van der Waals surface area contributed by atoms with Crippen molar-refractivity contribution < 1.29 is 22.7 Å². The van der Waals surface area contributed by atoms with E-state index in [-0.39, 0.29) is 17.0 Å². The van der Waals surface area contributed by atoms with Crippen molar-refractivity contribution in [1.82, 2.24) is 0 Å². The van der Waals surface area contributed by atoms with E-state index in [0.717, 1.165) is 12.1 Å². The molecule has 0 saturated heterocycles. The Morgan fingerprint density at radius 3 is 2.76 bits per heavy atom. The summed E-state index contributed by atoms with van der Waals surface area (Å²) in [6, 6.07) is 3.48. The van der Waals surface area contributed by atoms with Crippen molar-refractivity contribution >= 4 is 27.4 Å². The number of rotatable bonds is 4. The van der Waals surface area contributed by atoms with Crippen LogP contribution in [0.1, 0.15) is 18.4 Å². The monoisotopic (exact) mass is 332 g/mol. The fraction of sp³-hybridized carbons (Fsp3) is 0.357. The largest absolute Gasteiger partial charge is 0.481 e. The molecule has 0 heterocycles. The maximum Gasteiger partial charge on any atom is 0.311 e. The maximum absolute atomic E-state index is 13.0. The number of sulfone groups is 1. The first kappa shape index (κ1) is 16.0. The molecular formula is C14H14ClFO4S. The molecule has 0 saturated carbocycles. The van der Waals surface area contributed by atoms with E-state index in [1.165, 1.54) is 12.1 Å². The van der Waals surface area contributed by atoms with Gasteiger partial charge in [0.1, 0.15) is 5.82 Å². The lowest BCUT2D eigenvalue weighted by atomic mass is 9.95. The summed E-state index contributed by atoms with van der Waals surface area (Å²) in [6.45, 7) is 0. The Labute approximate surface area is 127 Å². The Morgan fingerprint density at radius 2 is 2.14 bits per heavy atom. The molecule has 1 aromatic rings. The fourth-order valence-corrected chi connectivity index (χ4v) is 4.78. The number of hydrogen-bond acceptors (Lipinski definition) is 3. The average molecular weight is 333 g/mol. The van der Waals surface area contributed by atoms with Crippen molar-refractivity contribution in [1.29, 1.82) is 0 Å². The highest BCUT2D eigenvalue weighted by molar-refractivity contribution is 7.91. The van der Waals surface area contributed by atoms with Crippen LogP contribution in [0.5, 0.6) is 0 Å². The summed E-state index contributed by atoms with van der Waals surface area (Å²) in [5.74, 6) is -3.16. The van der Waals surface area contributed by atoms with Crippen molar-refractivity contribution in [3.63, 3.8) is 0 Å². The lowest BCUT2D eigenvalue weighted by Crippen LogP contribution is -2.36. The van der Waals surface area contributed by atoms with Crippen LogP contribution < -0.4 is 0 Å². The van der Waals surface area contributed by atoms with Crippen LogP contribution in [-0.4, -0.2) is 24.7 Å². The first-order chi connectivity index (χ1) is 9.81. The second-order valence-electron chi connectivity index (χ2n) is 4.95. The van der Waals surface area contributed by atoms with Crippen molar-refractivity contribution in [2.24, 2.45) is 5.92 Å². The summed E-state index contributed by atoms with van der Waals surface area (Å²) in [4.78, 5) is 11.2. The minimum absolute atomic E-state index is 0.0248. The first-order valence-electron chi connectivity index (χ1n) is 6.36. The third kappa shape index (κ3) is 3.63. The van der Waals surface area contributed by atoms with Crippen molar-refractivity contribution in [2.45, 2.75) is 23.8 Å². The molecule has 114 valence electrons. The van der Waals surface area contributed by atoms with Crippen LogP contribution in [0.15, 0.2) is 30.4 Å². The van der Waals surface area contributed by atoms with Gasteiger partial charge in [-0.3, -0.25) is 4.79 Å². The molecule has 0 bridgehead atoms. The molecule has 2 atom stereocenters. The molecule has 0 aromatic heterocycles. The second kappa shape index (κ2) is 6.15. The predicted molar refractivity (Wildman–Crippen MR) is 77.3 cm³/mol. The Balaban J connectivity index is 2.29. The van der Waals surface area contributed by atoms with Crippen LogP contribution in [0.2, 0.25) is 5.02 Å². The SMILES string of the molecule is O=C(O)C1C=CCCC1S(=O)(=O)Cc1ccc(F)cc1Cl. The number of halogens is 2. The number of carboxylic acid groups (broad SMARTS) is 1. The van der Waals surface area contributed by atoms with Gasteiger partial charge in [0, 0.05) is 5.02 Å². The van der Waals surface area contributed by atoms with Gasteiger partial charge in [0.2, 0.25) is 0 Å². The molecule has 7 heteroatoms. The number of carboxylic acids is 1. The summed E-state index contributed by atoms with van der Waals surface area (Å²) < 4.78 is 37.9. The van der Waals surface area contributed by atoms with E-state index < -0.39 is 38.5 Å². The molecule has 2 unspecified atom stereocenters. The van der Waals surface area contributed by atoms with Gasteiger partial charge in [-0.2, -0.15) is 0 Å². The minimum atomic E-state index is -3.70. The Hall–Kier alpha value is -1.40. The zero-order valence-corrected chi connectivity index (χ0v) is 12.6. The number of benzene rings is 1. The number of allylic oxidation sites excluding steroid dienone is 1. The van der Waals surface area contributed by atoms with Gasteiger partial charge in [-0.25, -0.2) is 12.8 Å². The standard InChI is InChI=1S/C14H14ClFO4S/c15-12-7-10(16)6-5-9(12)8-21(19,20)13-4-2-1-3-11(13)14(17)18/h1,3,5-7,11,13H,2,4,8H2,(H,17,18). The third-order valence-corrected chi connectivity index (χ3v) is 6.00. The van der Waals surface area contributed by atoms with Crippen molar-refractivity contribution in [2.75, 3.05) is 0 Å². The Kier molecular flexibility index (Phi) is 4.68. The van der Waals surface area contributed by atoms with Gasteiger partial charge in [0.25, 0.3) is 0 Å². The molecule has 2 rings (SSSR count). The van der Waals surface area contributed by atoms with Crippen molar-refractivity contribution in [3.8, 4) is 0 Å². The van der Waals surface area contributed by atoms with Gasteiger partial charge in [-0.05, 0) is 30.5 Å². The topological polar surface area (TPSA) is 71.4 Å². The van der Waals surface area contributed by atoms with Gasteiger partial charge in [0.05, 0.1) is 16.9 Å². The molecule has 1 aromatic carbocycles. The van der Waals surface area contributed by atoms with E-state index in [0.29, 0.717) is 6.42 Å². The molecule has 0 radical (unpaired) electrons. The van der Waals surface area contributed by atoms with Crippen molar-refractivity contribution in [3.05, 3.63) is 46.8 Å². The zero-order valence-electron chi connectivity index (χ0n) is 11.0. The lowest BCUT2D eigenvalue weighted by molar-refractivity contribution is -0.140. The minimum Gasteiger partial charge on any atom is -0.481 e. The fourth-order valence-electron chi connectivity index (χ4n) is 2.41. The summed E-state index contributed by atoms with van der Waals surface area (Å²) >= 11 is 5.84. The summed E-state index contributed by atoms with van der Waals surface area (Å²) in [5, 5.41) is 8.18. The van der Waals surface area contributed by atoms with Gasteiger partial charge in [0.15, 0.2) is 9.84 Å². The zero-order chi connectivity index (χ0) is 15.6. The Morgan fingerprint density at radius 1 is 1.43 bits per heavy atom. The van der Waals surface area contributed by atoms with E-state index in [1.807, 2.05) is 0 Å². The number of carbonyl (C=O) groups is 1. The van der Waals surface area contributed by atoms with E-state index in [4.69, 9.17) is 16.7 Å². The van der Waals surface area contributed by atoms with Gasteiger partial charge in [-0.15, -0.1) is 0 Å².